The Morgan fingerprint density at radius 1 is 1.24 bits per heavy atom. The zero-order chi connectivity index (χ0) is 15.6. The van der Waals surface area contributed by atoms with Crippen LogP contribution in [0.4, 0.5) is 14.5 Å². The maximum Gasteiger partial charge on any atom is 0.247 e. The normalized spacial score (nSPS) is 13.5. The summed E-state index contributed by atoms with van der Waals surface area (Å²) in [6.45, 7) is 1.46. The van der Waals surface area contributed by atoms with Crippen LogP contribution in [-0.4, -0.2) is 5.91 Å². The van der Waals surface area contributed by atoms with Crippen molar-refractivity contribution in [1.29, 1.82) is 0 Å². The number of anilines is 1. The Hall–Kier alpha value is -2.14. The van der Waals surface area contributed by atoms with E-state index in [0.29, 0.717) is 0 Å². The zero-order valence-electron chi connectivity index (χ0n) is 11.2. The minimum atomic E-state index is -1.48. The van der Waals surface area contributed by atoms with E-state index in [9.17, 15) is 13.6 Å². The first kappa shape index (κ1) is 15.3. The van der Waals surface area contributed by atoms with Gasteiger partial charge in [0.05, 0.1) is 5.69 Å². The molecule has 21 heavy (non-hydrogen) atoms. The molecule has 0 heterocycles. The van der Waals surface area contributed by atoms with Gasteiger partial charge in [0.2, 0.25) is 5.91 Å². The third-order valence-electron chi connectivity index (χ3n) is 3.22. The van der Waals surface area contributed by atoms with Crippen LogP contribution in [0.2, 0.25) is 5.02 Å². The van der Waals surface area contributed by atoms with Crippen molar-refractivity contribution in [2.45, 2.75) is 12.5 Å². The SMILES string of the molecule is CC(Nc1ccccc1F)(C(N)=O)c1ccc(F)cc1Cl. The molecule has 6 heteroatoms. The van der Waals surface area contributed by atoms with Gasteiger partial charge in [-0.15, -0.1) is 0 Å². The van der Waals surface area contributed by atoms with Crippen LogP contribution in [0.5, 0.6) is 0 Å². The minimum Gasteiger partial charge on any atom is -0.367 e. The van der Waals surface area contributed by atoms with Crippen LogP contribution < -0.4 is 11.1 Å². The number of hydrogen-bond donors (Lipinski definition) is 2. The van der Waals surface area contributed by atoms with E-state index in [1.165, 1.54) is 31.2 Å². The topological polar surface area (TPSA) is 55.1 Å². The van der Waals surface area contributed by atoms with Crippen molar-refractivity contribution in [3.63, 3.8) is 0 Å². The molecular formula is C15H13ClF2N2O. The number of halogens is 3. The summed E-state index contributed by atoms with van der Waals surface area (Å²) in [5.41, 5.74) is 4.31. The van der Waals surface area contributed by atoms with Gasteiger partial charge >= 0.3 is 0 Å². The molecule has 2 aromatic carbocycles. The fraction of sp³-hybridized carbons (Fsp3) is 0.133. The molecule has 1 atom stereocenters. The molecule has 0 saturated heterocycles. The quantitative estimate of drug-likeness (QED) is 0.909. The molecule has 0 aliphatic rings. The van der Waals surface area contributed by atoms with Gasteiger partial charge in [-0.3, -0.25) is 4.79 Å². The Labute approximate surface area is 125 Å². The number of primary amides is 1. The predicted octanol–water partition coefficient (Wildman–Crippen LogP) is 3.43. The molecule has 2 aromatic rings. The molecule has 0 radical (unpaired) electrons. The molecule has 0 spiro atoms. The fourth-order valence-electron chi connectivity index (χ4n) is 1.99. The van der Waals surface area contributed by atoms with E-state index in [1.807, 2.05) is 0 Å². The Morgan fingerprint density at radius 2 is 1.90 bits per heavy atom. The highest BCUT2D eigenvalue weighted by Gasteiger charge is 2.35. The first-order valence-electron chi connectivity index (χ1n) is 6.13. The van der Waals surface area contributed by atoms with E-state index < -0.39 is 23.1 Å². The van der Waals surface area contributed by atoms with Gasteiger partial charge < -0.3 is 11.1 Å². The molecule has 3 N–H and O–H groups in total. The van der Waals surface area contributed by atoms with Gasteiger partial charge in [-0.25, -0.2) is 8.78 Å². The summed E-state index contributed by atoms with van der Waals surface area (Å²) in [7, 11) is 0. The van der Waals surface area contributed by atoms with Crippen molar-refractivity contribution in [2.24, 2.45) is 5.73 Å². The third kappa shape index (κ3) is 2.97. The van der Waals surface area contributed by atoms with Crippen molar-refractivity contribution in [3.05, 3.63) is 64.7 Å². The molecule has 2 rings (SSSR count). The zero-order valence-corrected chi connectivity index (χ0v) is 11.9. The summed E-state index contributed by atoms with van der Waals surface area (Å²) in [6.07, 6.45) is 0. The number of nitrogens with two attached hydrogens (primary N) is 1. The number of hydrogen-bond acceptors (Lipinski definition) is 2. The number of carbonyl (C=O) groups excluding carboxylic acids is 1. The molecule has 0 bridgehead atoms. The molecule has 1 amide bonds. The Kier molecular flexibility index (Phi) is 4.14. The summed E-state index contributed by atoms with van der Waals surface area (Å²) in [5, 5.41) is 2.77. The summed E-state index contributed by atoms with van der Waals surface area (Å²) < 4.78 is 26.9. The number of carbonyl (C=O) groups is 1. The van der Waals surface area contributed by atoms with Crippen molar-refractivity contribution < 1.29 is 13.6 Å². The van der Waals surface area contributed by atoms with Crippen molar-refractivity contribution in [2.75, 3.05) is 5.32 Å². The lowest BCUT2D eigenvalue weighted by Crippen LogP contribution is -2.45. The fourth-order valence-corrected chi connectivity index (χ4v) is 2.34. The first-order chi connectivity index (χ1) is 9.84. The van der Waals surface area contributed by atoms with E-state index in [0.717, 1.165) is 12.1 Å². The lowest BCUT2D eigenvalue weighted by molar-refractivity contribution is -0.122. The maximum absolute atomic E-state index is 13.8. The van der Waals surface area contributed by atoms with Crippen LogP contribution in [0, 0.1) is 11.6 Å². The number of para-hydroxylation sites is 1. The third-order valence-corrected chi connectivity index (χ3v) is 3.53. The van der Waals surface area contributed by atoms with Gasteiger partial charge in [0.1, 0.15) is 17.2 Å². The number of amides is 1. The smallest absolute Gasteiger partial charge is 0.247 e. The van der Waals surface area contributed by atoms with Gasteiger partial charge in [0.15, 0.2) is 0 Å². The van der Waals surface area contributed by atoms with Crippen LogP contribution in [-0.2, 0) is 10.3 Å². The Bertz CT molecular complexity index is 693. The molecule has 0 saturated carbocycles. The van der Waals surface area contributed by atoms with E-state index in [-0.39, 0.29) is 16.3 Å². The van der Waals surface area contributed by atoms with Gasteiger partial charge in [-0.1, -0.05) is 29.8 Å². The number of benzene rings is 2. The minimum absolute atomic E-state index is 0.0279. The Balaban J connectivity index is 2.51. The van der Waals surface area contributed by atoms with Gasteiger partial charge in [-0.05, 0) is 31.2 Å². The highest BCUT2D eigenvalue weighted by atomic mass is 35.5. The molecule has 3 nitrogen and oxygen atoms in total. The van der Waals surface area contributed by atoms with Crippen LogP contribution in [0.15, 0.2) is 42.5 Å². The summed E-state index contributed by atoms with van der Waals surface area (Å²) in [4.78, 5) is 11.9. The summed E-state index contributed by atoms with van der Waals surface area (Å²) in [6, 6.07) is 9.42. The molecular weight excluding hydrogens is 298 g/mol. The van der Waals surface area contributed by atoms with Crippen LogP contribution >= 0.6 is 11.6 Å². The van der Waals surface area contributed by atoms with E-state index >= 15 is 0 Å². The number of rotatable bonds is 4. The molecule has 110 valence electrons. The van der Waals surface area contributed by atoms with Crippen molar-refractivity contribution in [3.8, 4) is 0 Å². The summed E-state index contributed by atoms with van der Waals surface area (Å²) in [5.74, 6) is -1.84. The molecule has 0 fully saturated rings. The standard InChI is InChI=1S/C15H13ClF2N2O/c1-15(14(19)21,10-7-6-9(17)8-11(10)16)20-13-5-3-2-4-12(13)18/h2-8,20H,1H3,(H2,19,21). The second kappa shape index (κ2) is 5.69. The molecule has 1 unspecified atom stereocenters. The molecule has 0 aliphatic heterocycles. The lowest BCUT2D eigenvalue weighted by atomic mass is 9.90. The van der Waals surface area contributed by atoms with Gasteiger partial charge in [-0.2, -0.15) is 0 Å². The molecule has 0 aliphatic carbocycles. The highest BCUT2D eigenvalue weighted by Crippen LogP contribution is 2.32. The van der Waals surface area contributed by atoms with E-state index in [1.54, 1.807) is 6.07 Å². The average Bonchev–Trinajstić information content (AvgIpc) is 2.41. The number of nitrogens with one attached hydrogen (secondary N) is 1. The lowest BCUT2D eigenvalue weighted by Gasteiger charge is -2.30. The summed E-state index contributed by atoms with van der Waals surface area (Å²) >= 11 is 5.98. The van der Waals surface area contributed by atoms with Gasteiger partial charge in [0.25, 0.3) is 0 Å². The largest absolute Gasteiger partial charge is 0.367 e. The second-order valence-electron chi connectivity index (χ2n) is 4.72. The maximum atomic E-state index is 13.8. The van der Waals surface area contributed by atoms with Crippen LogP contribution in [0.25, 0.3) is 0 Å². The first-order valence-corrected chi connectivity index (χ1v) is 6.50. The van der Waals surface area contributed by atoms with E-state index in [2.05, 4.69) is 5.32 Å². The van der Waals surface area contributed by atoms with Crippen LogP contribution in [0.1, 0.15) is 12.5 Å². The van der Waals surface area contributed by atoms with Crippen molar-refractivity contribution in [1.82, 2.24) is 0 Å². The van der Waals surface area contributed by atoms with Crippen molar-refractivity contribution >= 4 is 23.2 Å². The predicted molar refractivity (Wildman–Crippen MR) is 78.0 cm³/mol. The van der Waals surface area contributed by atoms with Gasteiger partial charge in [0, 0.05) is 10.6 Å². The van der Waals surface area contributed by atoms with Crippen LogP contribution in [0.3, 0.4) is 0 Å². The average molecular weight is 311 g/mol. The second-order valence-corrected chi connectivity index (χ2v) is 5.13. The molecule has 0 aromatic heterocycles. The monoisotopic (exact) mass is 310 g/mol. The Morgan fingerprint density at radius 3 is 2.48 bits per heavy atom. The highest BCUT2D eigenvalue weighted by molar-refractivity contribution is 6.31. The van der Waals surface area contributed by atoms with E-state index in [4.69, 9.17) is 17.3 Å².